The van der Waals surface area contributed by atoms with E-state index in [1.165, 1.54) is 39.2 Å². The lowest BCUT2D eigenvalue weighted by atomic mass is 9.89. The second kappa shape index (κ2) is 7.29. The molecule has 0 saturated heterocycles. The standard InChI is InChI=1S/C16H23NO2/c1-19-16(18)15(14-10-6-3-7-11-14)17-12-13-8-4-2-5-9-13/h3,6-7,10-11,13,15,17H,2,4-5,8-9,12H2,1H3/t15-/m1/s1. The molecule has 0 unspecified atom stereocenters. The molecule has 0 aliphatic heterocycles. The molecule has 1 saturated carbocycles. The number of esters is 1. The van der Waals surface area contributed by atoms with Crippen LogP contribution in [0.5, 0.6) is 0 Å². The van der Waals surface area contributed by atoms with E-state index in [4.69, 9.17) is 4.74 Å². The van der Waals surface area contributed by atoms with Crippen LogP contribution < -0.4 is 5.32 Å². The number of nitrogens with one attached hydrogen (secondary N) is 1. The number of methoxy groups -OCH3 is 1. The van der Waals surface area contributed by atoms with Crippen molar-refractivity contribution in [1.29, 1.82) is 0 Å². The highest BCUT2D eigenvalue weighted by atomic mass is 16.5. The van der Waals surface area contributed by atoms with Crippen LogP contribution in [-0.4, -0.2) is 19.6 Å². The first-order valence-corrected chi connectivity index (χ1v) is 7.17. The number of hydrogen-bond acceptors (Lipinski definition) is 3. The van der Waals surface area contributed by atoms with Gasteiger partial charge in [-0.25, -0.2) is 4.79 Å². The Morgan fingerprint density at radius 2 is 1.95 bits per heavy atom. The Morgan fingerprint density at radius 1 is 1.26 bits per heavy atom. The number of benzene rings is 1. The molecule has 1 atom stereocenters. The monoisotopic (exact) mass is 261 g/mol. The number of carbonyl (C=O) groups is 1. The summed E-state index contributed by atoms with van der Waals surface area (Å²) in [5.41, 5.74) is 0.977. The van der Waals surface area contributed by atoms with Crippen molar-refractivity contribution in [1.82, 2.24) is 5.32 Å². The molecule has 0 amide bonds. The molecule has 1 aliphatic rings. The van der Waals surface area contributed by atoms with Crippen molar-refractivity contribution >= 4 is 5.97 Å². The van der Waals surface area contributed by atoms with Crippen LogP contribution in [0.15, 0.2) is 30.3 Å². The highest BCUT2D eigenvalue weighted by Crippen LogP contribution is 2.24. The fraction of sp³-hybridized carbons (Fsp3) is 0.562. The van der Waals surface area contributed by atoms with Crippen LogP contribution in [-0.2, 0) is 9.53 Å². The number of hydrogen-bond donors (Lipinski definition) is 1. The zero-order valence-corrected chi connectivity index (χ0v) is 11.6. The van der Waals surface area contributed by atoms with E-state index in [0.29, 0.717) is 5.92 Å². The van der Waals surface area contributed by atoms with Gasteiger partial charge in [-0.2, -0.15) is 0 Å². The maximum Gasteiger partial charge on any atom is 0.327 e. The Hall–Kier alpha value is -1.35. The summed E-state index contributed by atoms with van der Waals surface area (Å²) in [6.45, 7) is 0.897. The molecule has 1 aromatic rings. The first-order valence-electron chi connectivity index (χ1n) is 7.17. The minimum atomic E-state index is -0.340. The minimum absolute atomic E-state index is 0.206. The highest BCUT2D eigenvalue weighted by molar-refractivity contribution is 5.77. The molecule has 0 heterocycles. The van der Waals surface area contributed by atoms with Gasteiger partial charge in [0, 0.05) is 0 Å². The summed E-state index contributed by atoms with van der Waals surface area (Å²) in [6.07, 6.45) is 6.54. The second-order valence-electron chi connectivity index (χ2n) is 5.28. The van der Waals surface area contributed by atoms with Gasteiger partial charge in [0.05, 0.1) is 7.11 Å². The summed E-state index contributed by atoms with van der Waals surface area (Å²) < 4.78 is 4.91. The normalized spacial score (nSPS) is 17.9. The molecule has 104 valence electrons. The fourth-order valence-corrected chi connectivity index (χ4v) is 2.78. The lowest BCUT2D eigenvalue weighted by Crippen LogP contribution is -2.34. The second-order valence-corrected chi connectivity index (χ2v) is 5.28. The molecule has 3 nitrogen and oxygen atoms in total. The quantitative estimate of drug-likeness (QED) is 0.828. The van der Waals surface area contributed by atoms with E-state index < -0.39 is 0 Å². The molecular formula is C16H23NO2. The van der Waals surface area contributed by atoms with Gasteiger partial charge in [0.15, 0.2) is 0 Å². The molecule has 1 fully saturated rings. The van der Waals surface area contributed by atoms with Crippen molar-refractivity contribution in [2.75, 3.05) is 13.7 Å². The molecule has 0 aromatic heterocycles. The predicted molar refractivity (Wildman–Crippen MR) is 75.8 cm³/mol. The molecule has 0 radical (unpaired) electrons. The Morgan fingerprint density at radius 3 is 2.58 bits per heavy atom. The molecule has 0 bridgehead atoms. The van der Waals surface area contributed by atoms with Crippen LogP contribution in [0.1, 0.15) is 43.7 Å². The maximum absolute atomic E-state index is 11.9. The third-order valence-electron chi connectivity index (χ3n) is 3.91. The third-order valence-corrected chi connectivity index (χ3v) is 3.91. The van der Waals surface area contributed by atoms with Crippen molar-refractivity contribution in [3.63, 3.8) is 0 Å². The van der Waals surface area contributed by atoms with E-state index in [1.54, 1.807) is 0 Å². The number of carbonyl (C=O) groups excluding carboxylic acids is 1. The van der Waals surface area contributed by atoms with Gasteiger partial charge in [0.25, 0.3) is 0 Å². The van der Waals surface area contributed by atoms with Gasteiger partial charge in [-0.15, -0.1) is 0 Å². The van der Waals surface area contributed by atoms with Gasteiger partial charge >= 0.3 is 5.97 Å². The molecule has 1 aromatic carbocycles. The molecule has 2 rings (SSSR count). The predicted octanol–water partition coefficient (Wildman–Crippen LogP) is 3.07. The first kappa shape index (κ1) is 14.1. The van der Waals surface area contributed by atoms with Crippen molar-refractivity contribution in [3.8, 4) is 0 Å². The van der Waals surface area contributed by atoms with Gasteiger partial charge in [0.2, 0.25) is 0 Å². The average Bonchev–Trinajstić information content (AvgIpc) is 2.49. The number of ether oxygens (including phenoxy) is 1. The molecule has 1 aliphatic carbocycles. The fourth-order valence-electron chi connectivity index (χ4n) is 2.78. The summed E-state index contributed by atoms with van der Waals surface area (Å²) in [7, 11) is 1.45. The van der Waals surface area contributed by atoms with E-state index in [1.807, 2.05) is 30.3 Å². The van der Waals surface area contributed by atoms with Crippen LogP contribution in [0.4, 0.5) is 0 Å². The Labute approximate surface area is 115 Å². The van der Waals surface area contributed by atoms with Crippen LogP contribution in [0.2, 0.25) is 0 Å². The van der Waals surface area contributed by atoms with Gasteiger partial charge in [0.1, 0.15) is 6.04 Å². The van der Waals surface area contributed by atoms with Crippen LogP contribution in [0, 0.1) is 5.92 Å². The summed E-state index contributed by atoms with van der Waals surface area (Å²) in [5, 5.41) is 3.38. The maximum atomic E-state index is 11.9. The minimum Gasteiger partial charge on any atom is -0.468 e. The SMILES string of the molecule is COC(=O)[C@H](NCC1CCCCC1)c1ccccc1. The van der Waals surface area contributed by atoms with Crippen molar-refractivity contribution in [3.05, 3.63) is 35.9 Å². The van der Waals surface area contributed by atoms with E-state index in [0.717, 1.165) is 12.1 Å². The van der Waals surface area contributed by atoms with Gasteiger partial charge < -0.3 is 10.1 Å². The summed E-state index contributed by atoms with van der Waals surface area (Å²) in [6, 6.07) is 9.46. The molecule has 1 N–H and O–H groups in total. The molecule has 19 heavy (non-hydrogen) atoms. The highest BCUT2D eigenvalue weighted by Gasteiger charge is 2.22. The van der Waals surface area contributed by atoms with Crippen LogP contribution in [0.25, 0.3) is 0 Å². The summed E-state index contributed by atoms with van der Waals surface area (Å²) >= 11 is 0. The van der Waals surface area contributed by atoms with Gasteiger partial charge in [-0.1, -0.05) is 49.6 Å². The molecule has 3 heteroatoms. The largest absolute Gasteiger partial charge is 0.468 e. The average molecular weight is 261 g/mol. The Bertz CT molecular complexity index is 385. The van der Waals surface area contributed by atoms with Crippen LogP contribution >= 0.6 is 0 Å². The Balaban J connectivity index is 1.96. The van der Waals surface area contributed by atoms with E-state index in [-0.39, 0.29) is 12.0 Å². The Kier molecular flexibility index (Phi) is 5.40. The van der Waals surface area contributed by atoms with Gasteiger partial charge in [-0.05, 0) is 30.9 Å². The van der Waals surface area contributed by atoms with E-state index in [2.05, 4.69) is 5.32 Å². The summed E-state index contributed by atoms with van der Waals surface area (Å²) in [4.78, 5) is 11.9. The lowest BCUT2D eigenvalue weighted by Gasteiger charge is -2.24. The smallest absolute Gasteiger partial charge is 0.327 e. The van der Waals surface area contributed by atoms with E-state index >= 15 is 0 Å². The van der Waals surface area contributed by atoms with E-state index in [9.17, 15) is 4.79 Å². The lowest BCUT2D eigenvalue weighted by molar-refractivity contribution is -0.143. The number of rotatable bonds is 5. The zero-order valence-electron chi connectivity index (χ0n) is 11.6. The van der Waals surface area contributed by atoms with Crippen molar-refractivity contribution < 1.29 is 9.53 Å². The molecule has 0 spiro atoms. The first-order chi connectivity index (χ1) is 9.31. The summed E-state index contributed by atoms with van der Waals surface area (Å²) in [5.74, 6) is 0.492. The van der Waals surface area contributed by atoms with Gasteiger partial charge in [-0.3, -0.25) is 0 Å². The van der Waals surface area contributed by atoms with Crippen LogP contribution in [0.3, 0.4) is 0 Å². The third kappa shape index (κ3) is 4.06. The topological polar surface area (TPSA) is 38.3 Å². The van der Waals surface area contributed by atoms with Crippen molar-refractivity contribution in [2.24, 2.45) is 5.92 Å². The zero-order chi connectivity index (χ0) is 13.5. The van der Waals surface area contributed by atoms with Crippen molar-refractivity contribution in [2.45, 2.75) is 38.1 Å². The molecular weight excluding hydrogens is 238 g/mol.